The summed E-state index contributed by atoms with van der Waals surface area (Å²) >= 11 is 6.26. The second-order valence-electron chi connectivity index (χ2n) is 3.10. The summed E-state index contributed by atoms with van der Waals surface area (Å²) in [6.07, 6.45) is 0. The predicted molar refractivity (Wildman–Crippen MR) is 65.0 cm³/mol. The fraction of sp³-hybridized carbons (Fsp3) is 0.273. The third kappa shape index (κ3) is 1.62. The number of thiol groups is 1. The van der Waals surface area contributed by atoms with E-state index in [1.54, 1.807) is 11.3 Å². The lowest BCUT2D eigenvalue weighted by molar-refractivity contribution is 0.340. The first-order valence-electron chi connectivity index (χ1n) is 4.57. The van der Waals surface area contributed by atoms with Crippen molar-refractivity contribution < 1.29 is 4.74 Å². The zero-order valence-corrected chi connectivity index (χ0v) is 9.91. The van der Waals surface area contributed by atoms with Gasteiger partial charge in [-0.15, -0.1) is 24.0 Å². The molecule has 0 amide bonds. The quantitative estimate of drug-likeness (QED) is 0.761. The van der Waals surface area contributed by atoms with Crippen LogP contribution in [0.1, 0.15) is 11.8 Å². The van der Waals surface area contributed by atoms with Gasteiger partial charge in [0, 0.05) is 19.9 Å². The maximum Gasteiger partial charge on any atom is 0.120 e. The van der Waals surface area contributed by atoms with Crippen LogP contribution in [0.2, 0.25) is 0 Å². The zero-order chi connectivity index (χ0) is 10.1. The number of thiophene rings is 1. The first-order chi connectivity index (χ1) is 6.72. The van der Waals surface area contributed by atoms with Gasteiger partial charge in [0.25, 0.3) is 0 Å². The average Bonchev–Trinajstić information content (AvgIpc) is 2.45. The van der Waals surface area contributed by atoms with Crippen molar-refractivity contribution in [3.8, 4) is 5.75 Å². The summed E-state index contributed by atoms with van der Waals surface area (Å²) in [5, 5.41) is 1.20. The van der Waals surface area contributed by atoms with Crippen LogP contribution in [0.3, 0.4) is 0 Å². The summed E-state index contributed by atoms with van der Waals surface area (Å²) < 4.78 is 6.72. The van der Waals surface area contributed by atoms with Crippen LogP contribution >= 0.6 is 24.0 Å². The molecule has 0 spiro atoms. The van der Waals surface area contributed by atoms with Crippen molar-refractivity contribution in [2.24, 2.45) is 0 Å². The summed E-state index contributed by atoms with van der Waals surface area (Å²) in [6.45, 7) is 4.79. The number of aryl methyl sites for hydroxylation is 1. The Morgan fingerprint density at radius 2 is 2.21 bits per heavy atom. The highest BCUT2D eigenvalue weighted by atomic mass is 32.1. The van der Waals surface area contributed by atoms with Crippen molar-refractivity contribution in [1.29, 1.82) is 0 Å². The fourth-order valence-electron chi connectivity index (χ4n) is 1.44. The Hall–Kier alpha value is -0.670. The molecule has 0 saturated heterocycles. The molecule has 0 bridgehead atoms. The summed E-state index contributed by atoms with van der Waals surface area (Å²) in [5.74, 6) is 0.924. The summed E-state index contributed by atoms with van der Waals surface area (Å²) in [6, 6.07) is 6.16. The fourth-order valence-corrected chi connectivity index (χ4v) is 2.78. The number of ether oxygens (including phenoxy) is 1. The third-order valence-electron chi connectivity index (χ3n) is 2.11. The molecule has 0 saturated carbocycles. The monoisotopic (exact) mass is 224 g/mol. The van der Waals surface area contributed by atoms with Crippen LogP contribution in [0.5, 0.6) is 5.75 Å². The van der Waals surface area contributed by atoms with E-state index in [9.17, 15) is 0 Å². The maximum atomic E-state index is 5.45. The van der Waals surface area contributed by atoms with Crippen LogP contribution < -0.4 is 4.74 Å². The molecule has 0 N–H and O–H groups in total. The van der Waals surface area contributed by atoms with E-state index in [1.807, 2.05) is 13.0 Å². The van der Waals surface area contributed by atoms with Gasteiger partial charge in [-0.05, 0) is 32.0 Å². The highest BCUT2D eigenvalue weighted by Crippen LogP contribution is 2.35. The van der Waals surface area contributed by atoms with Crippen LogP contribution in [-0.4, -0.2) is 6.61 Å². The smallest absolute Gasteiger partial charge is 0.120 e. The van der Waals surface area contributed by atoms with Gasteiger partial charge >= 0.3 is 0 Å². The van der Waals surface area contributed by atoms with Gasteiger partial charge in [0.1, 0.15) is 5.75 Å². The normalized spacial score (nSPS) is 10.8. The van der Waals surface area contributed by atoms with Crippen molar-refractivity contribution >= 4 is 34.1 Å². The molecule has 0 unspecified atom stereocenters. The molecule has 0 fully saturated rings. The van der Waals surface area contributed by atoms with Gasteiger partial charge in [-0.3, -0.25) is 0 Å². The van der Waals surface area contributed by atoms with Crippen LogP contribution in [0.15, 0.2) is 23.1 Å². The standard InChI is InChI=1S/C11H12OS2/c1-3-12-8-4-5-10-9(6-8)11(13)7(2)14-10/h4-6,13H,3H2,1-2H3. The summed E-state index contributed by atoms with van der Waals surface area (Å²) in [5.41, 5.74) is 0. The lowest BCUT2D eigenvalue weighted by atomic mass is 10.2. The Morgan fingerprint density at radius 3 is 2.93 bits per heavy atom. The zero-order valence-electron chi connectivity index (χ0n) is 8.20. The van der Waals surface area contributed by atoms with Crippen LogP contribution in [0, 0.1) is 6.92 Å². The Labute approximate surface area is 93.1 Å². The molecule has 1 heterocycles. The number of rotatable bonds is 2. The predicted octanol–water partition coefficient (Wildman–Crippen LogP) is 3.90. The highest BCUT2D eigenvalue weighted by molar-refractivity contribution is 7.80. The van der Waals surface area contributed by atoms with Crippen molar-refractivity contribution in [3.63, 3.8) is 0 Å². The van der Waals surface area contributed by atoms with Gasteiger partial charge in [-0.2, -0.15) is 0 Å². The van der Waals surface area contributed by atoms with E-state index >= 15 is 0 Å². The SMILES string of the molecule is CCOc1ccc2sc(C)c(S)c2c1. The molecule has 1 aromatic heterocycles. The molecule has 2 aromatic rings. The minimum Gasteiger partial charge on any atom is -0.494 e. The van der Waals surface area contributed by atoms with Gasteiger partial charge in [-0.25, -0.2) is 0 Å². The lowest BCUT2D eigenvalue weighted by Crippen LogP contribution is -1.90. The topological polar surface area (TPSA) is 9.23 Å². The van der Waals surface area contributed by atoms with E-state index in [2.05, 4.69) is 31.7 Å². The Kier molecular flexibility index (Phi) is 2.70. The first-order valence-corrected chi connectivity index (χ1v) is 5.83. The molecule has 0 aliphatic heterocycles. The molecule has 74 valence electrons. The van der Waals surface area contributed by atoms with E-state index < -0.39 is 0 Å². The Bertz CT molecular complexity index is 460. The second kappa shape index (κ2) is 3.83. The highest BCUT2D eigenvalue weighted by Gasteiger charge is 2.06. The second-order valence-corrected chi connectivity index (χ2v) is 4.80. The van der Waals surface area contributed by atoms with Crippen molar-refractivity contribution in [2.45, 2.75) is 18.7 Å². The number of hydrogen-bond donors (Lipinski definition) is 1. The van der Waals surface area contributed by atoms with Crippen LogP contribution in [0.4, 0.5) is 0 Å². The molecule has 0 aliphatic rings. The van der Waals surface area contributed by atoms with E-state index in [0.717, 1.165) is 10.6 Å². The van der Waals surface area contributed by atoms with Crippen molar-refractivity contribution in [1.82, 2.24) is 0 Å². The van der Waals surface area contributed by atoms with E-state index in [4.69, 9.17) is 4.74 Å². The van der Waals surface area contributed by atoms with Crippen LogP contribution in [0.25, 0.3) is 10.1 Å². The number of hydrogen-bond acceptors (Lipinski definition) is 3. The van der Waals surface area contributed by atoms with E-state index in [0.29, 0.717) is 6.61 Å². The number of benzene rings is 1. The minimum absolute atomic E-state index is 0.705. The van der Waals surface area contributed by atoms with Gasteiger partial charge in [0.2, 0.25) is 0 Å². The average molecular weight is 224 g/mol. The lowest BCUT2D eigenvalue weighted by Gasteiger charge is -2.02. The Morgan fingerprint density at radius 1 is 1.43 bits per heavy atom. The molecule has 14 heavy (non-hydrogen) atoms. The first kappa shape index (κ1) is 9.87. The van der Waals surface area contributed by atoms with Crippen molar-refractivity contribution in [3.05, 3.63) is 23.1 Å². The molecule has 0 aliphatic carbocycles. The van der Waals surface area contributed by atoms with Gasteiger partial charge in [0.15, 0.2) is 0 Å². The molecule has 1 aromatic carbocycles. The summed E-state index contributed by atoms with van der Waals surface area (Å²) in [4.78, 5) is 2.34. The van der Waals surface area contributed by atoms with Crippen LogP contribution in [-0.2, 0) is 0 Å². The summed E-state index contributed by atoms with van der Waals surface area (Å²) in [7, 11) is 0. The van der Waals surface area contributed by atoms with Gasteiger partial charge < -0.3 is 4.74 Å². The van der Waals surface area contributed by atoms with E-state index in [-0.39, 0.29) is 0 Å². The third-order valence-corrected chi connectivity index (χ3v) is 3.93. The van der Waals surface area contributed by atoms with Crippen molar-refractivity contribution in [2.75, 3.05) is 6.61 Å². The largest absolute Gasteiger partial charge is 0.494 e. The van der Waals surface area contributed by atoms with Gasteiger partial charge in [-0.1, -0.05) is 0 Å². The van der Waals surface area contributed by atoms with Gasteiger partial charge in [0.05, 0.1) is 6.61 Å². The molecular formula is C11H12OS2. The molecule has 0 radical (unpaired) electrons. The van der Waals surface area contributed by atoms with E-state index in [1.165, 1.54) is 15.0 Å². The maximum absolute atomic E-state index is 5.45. The molecule has 1 nitrogen and oxygen atoms in total. The molecular weight excluding hydrogens is 212 g/mol. The number of fused-ring (bicyclic) bond motifs is 1. The molecule has 2 rings (SSSR count). The minimum atomic E-state index is 0.705. The molecule has 3 heteroatoms. The molecule has 0 atom stereocenters. The Balaban J connectivity index is 2.58.